The van der Waals surface area contributed by atoms with Crippen LogP contribution in [0.3, 0.4) is 0 Å². The summed E-state index contributed by atoms with van der Waals surface area (Å²) in [5.41, 5.74) is 5.12. The minimum Gasteiger partial charge on any atom is -0.381 e. The number of hydrogen-bond acceptors (Lipinski definition) is 4. The molecule has 0 aliphatic heterocycles. The molecule has 0 spiro atoms. The number of aliphatic hydroxyl groups is 2. The zero-order valence-corrected chi connectivity index (χ0v) is 4.75. The first kappa shape index (κ1) is 7.84. The van der Waals surface area contributed by atoms with E-state index < -0.39 is 0 Å². The van der Waals surface area contributed by atoms with Gasteiger partial charge in [-0.1, -0.05) is 0 Å². The molecule has 0 aliphatic rings. The number of nitrogens with two attached hydrogens (primary N) is 1. The Kier molecular flexibility index (Phi) is 4.89. The Morgan fingerprint density at radius 3 is 1.88 bits per heavy atom. The Morgan fingerprint density at radius 2 is 1.75 bits per heavy atom. The van der Waals surface area contributed by atoms with Crippen molar-refractivity contribution >= 4 is 0 Å². The van der Waals surface area contributed by atoms with Gasteiger partial charge in [0.1, 0.15) is 0 Å². The highest BCUT2D eigenvalue weighted by Crippen LogP contribution is 1.77. The minimum atomic E-state index is -0.131. The second kappa shape index (κ2) is 4.99. The van der Waals surface area contributed by atoms with Gasteiger partial charge in [-0.2, -0.15) is 0 Å². The number of nitrogens with zero attached hydrogens (tertiary/aromatic N) is 1. The molecule has 0 aromatic rings. The lowest BCUT2D eigenvalue weighted by Gasteiger charge is -2.13. The van der Waals surface area contributed by atoms with Crippen LogP contribution in [0.4, 0.5) is 0 Å². The van der Waals surface area contributed by atoms with Crippen LogP contribution in [0.15, 0.2) is 0 Å². The summed E-state index contributed by atoms with van der Waals surface area (Å²) in [7, 11) is 0. The Labute approximate surface area is 48.5 Å². The predicted octanol–water partition coefficient (Wildman–Crippen LogP) is -1.85. The maximum atomic E-state index is 8.37. The number of hydrogen-bond donors (Lipinski definition) is 3. The lowest BCUT2D eigenvalue weighted by atomic mass is 10.6. The first-order chi connectivity index (χ1) is 3.85. The van der Waals surface area contributed by atoms with Crippen LogP contribution >= 0.6 is 0 Å². The quantitative estimate of drug-likeness (QED) is 0.381. The summed E-state index contributed by atoms with van der Waals surface area (Å²) in [6.45, 7) is 0.732. The van der Waals surface area contributed by atoms with Crippen molar-refractivity contribution < 1.29 is 10.2 Å². The molecule has 0 amide bonds. The van der Waals surface area contributed by atoms with E-state index in [0.717, 1.165) is 0 Å². The summed E-state index contributed by atoms with van der Waals surface area (Å²) in [4.78, 5) is 1.42. The number of aliphatic hydroxyl groups excluding tert-OH is 2. The first-order valence-electron chi connectivity index (χ1n) is 2.49. The van der Waals surface area contributed by atoms with Crippen molar-refractivity contribution in [3.63, 3.8) is 0 Å². The third-order valence-electron chi connectivity index (χ3n) is 0.845. The lowest BCUT2D eigenvalue weighted by Crippen LogP contribution is -2.30. The molecule has 50 valence electrons. The van der Waals surface area contributed by atoms with Gasteiger partial charge in [-0.05, 0) is 0 Å². The molecule has 0 saturated heterocycles. The predicted molar refractivity (Wildman–Crippen MR) is 29.9 cm³/mol. The molecule has 0 aliphatic carbocycles. The van der Waals surface area contributed by atoms with E-state index in [1.54, 1.807) is 0 Å². The maximum Gasteiger partial charge on any atom is 0.0974 e. The molecule has 0 aromatic carbocycles. The first-order valence-corrected chi connectivity index (χ1v) is 2.49. The summed E-state index contributed by atoms with van der Waals surface area (Å²) in [5, 5.41) is 16.7. The highest BCUT2D eigenvalue weighted by molar-refractivity contribution is 4.44. The topological polar surface area (TPSA) is 69.7 Å². The molecular weight excluding hydrogens is 108 g/mol. The molecule has 4 heteroatoms. The van der Waals surface area contributed by atoms with Gasteiger partial charge in [0.15, 0.2) is 0 Å². The molecule has 0 aromatic heterocycles. The Balaban J connectivity index is 3.07. The normalized spacial score (nSPS) is 10.5. The van der Waals surface area contributed by atoms with Crippen molar-refractivity contribution in [3.05, 3.63) is 0 Å². The lowest BCUT2D eigenvalue weighted by molar-refractivity contribution is 0.0321. The van der Waals surface area contributed by atoms with Gasteiger partial charge in [0.2, 0.25) is 0 Å². The second-order valence-electron chi connectivity index (χ2n) is 1.47. The van der Waals surface area contributed by atoms with Crippen LogP contribution in [-0.4, -0.2) is 41.7 Å². The van der Waals surface area contributed by atoms with Crippen LogP contribution in [0.25, 0.3) is 0 Å². The van der Waals surface area contributed by atoms with Crippen molar-refractivity contribution in [2.24, 2.45) is 5.73 Å². The third kappa shape index (κ3) is 2.92. The van der Waals surface area contributed by atoms with Crippen LogP contribution in [0.1, 0.15) is 0 Å². The molecule has 0 radical (unpaired) electrons. The van der Waals surface area contributed by atoms with Crippen molar-refractivity contribution in [1.29, 1.82) is 0 Å². The fraction of sp³-hybridized carbons (Fsp3) is 1.00. The van der Waals surface area contributed by atoms with E-state index in [9.17, 15) is 0 Å². The molecule has 4 N–H and O–H groups in total. The van der Waals surface area contributed by atoms with Gasteiger partial charge in [-0.15, -0.1) is 0 Å². The van der Waals surface area contributed by atoms with Crippen LogP contribution in [-0.2, 0) is 0 Å². The van der Waals surface area contributed by atoms with Gasteiger partial charge in [0, 0.05) is 13.1 Å². The fourth-order valence-corrected chi connectivity index (χ4v) is 0.369. The SMILES string of the molecule is NCCN(CO)CO. The molecule has 0 atom stereocenters. The number of rotatable bonds is 4. The average molecular weight is 120 g/mol. The van der Waals surface area contributed by atoms with Crippen LogP contribution < -0.4 is 5.73 Å². The summed E-state index contributed by atoms with van der Waals surface area (Å²) in [6, 6.07) is 0. The highest BCUT2D eigenvalue weighted by atomic mass is 16.3. The summed E-state index contributed by atoms with van der Waals surface area (Å²) >= 11 is 0. The molecule has 0 saturated carbocycles. The summed E-state index contributed by atoms with van der Waals surface area (Å²) in [6.07, 6.45) is 0. The third-order valence-corrected chi connectivity index (χ3v) is 0.845. The molecule has 0 bridgehead atoms. The van der Waals surface area contributed by atoms with Crippen LogP contribution in [0.2, 0.25) is 0 Å². The van der Waals surface area contributed by atoms with Crippen LogP contribution in [0, 0.1) is 0 Å². The van der Waals surface area contributed by atoms with Crippen molar-refractivity contribution in [1.82, 2.24) is 4.90 Å². The standard InChI is InChI=1S/C4H12N2O2/c5-1-2-6(3-7)4-8/h7-8H,1-5H2. The molecule has 8 heavy (non-hydrogen) atoms. The van der Waals surface area contributed by atoms with Gasteiger partial charge in [0.25, 0.3) is 0 Å². The minimum absolute atomic E-state index is 0.131. The van der Waals surface area contributed by atoms with E-state index in [1.165, 1.54) is 4.90 Å². The zero-order chi connectivity index (χ0) is 6.41. The molecular formula is C4H12N2O2. The summed E-state index contributed by atoms with van der Waals surface area (Å²) < 4.78 is 0. The second-order valence-corrected chi connectivity index (χ2v) is 1.47. The van der Waals surface area contributed by atoms with E-state index in [-0.39, 0.29) is 13.5 Å². The van der Waals surface area contributed by atoms with Gasteiger partial charge in [0.05, 0.1) is 13.5 Å². The maximum absolute atomic E-state index is 8.37. The van der Waals surface area contributed by atoms with E-state index in [0.29, 0.717) is 13.1 Å². The largest absolute Gasteiger partial charge is 0.381 e. The zero-order valence-electron chi connectivity index (χ0n) is 4.75. The van der Waals surface area contributed by atoms with E-state index in [4.69, 9.17) is 15.9 Å². The molecule has 0 rings (SSSR count). The van der Waals surface area contributed by atoms with Gasteiger partial charge >= 0.3 is 0 Å². The molecule has 4 nitrogen and oxygen atoms in total. The van der Waals surface area contributed by atoms with E-state index in [2.05, 4.69) is 0 Å². The molecule has 0 heterocycles. The molecule has 0 fully saturated rings. The van der Waals surface area contributed by atoms with Crippen molar-refractivity contribution in [3.8, 4) is 0 Å². The fourth-order valence-electron chi connectivity index (χ4n) is 0.369. The Bertz CT molecular complexity index is 47.3. The van der Waals surface area contributed by atoms with Crippen molar-refractivity contribution in [2.45, 2.75) is 0 Å². The Morgan fingerprint density at radius 1 is 1.25 bits per heavy atom. The highest BCUT2D eigenvalue weighted by Gasteiger charge is 1.95. The van der Waals surface area contributed by atoms with E-state index in [1.807, 2.05) is 0 Å². The van der Waals surface area contributed by atoms with E-state index >= 15 is 0 Å². The smallest absolute Gasteiger partial charge is 0.0974 e. The Hall–Kier alpha value is -0.160. The monoisotopic (exact) mass is 120 g/mol. The van der Waals surface area contributed by atoms with Gasteiger partial charge < -0.3 is 15.9 Å². The van der Waals surface area contributed by atoms with Gasteiger partial charge in [-0.25, -0.2) is 0 Å². The average Bonchev–Trinajstić information content (AvgIpc) is 1.83. The molecule has 0 unspecified atom stereocenters. The van der Waals surface area contributed by atoms with Gasteiger partial charge in [-0.3, -0.25) is 4.90 Å². The summed E-state index contributed by atoms with van der Waals surface area (Å²) in [5.74, 6) is 0. The van der Waals surface area contributed by atoms with Crippen LogP contribution in [0.5, 0.6) is 0 Å². The van der Waals surface area contributed by atoms with Crippen molar-refractivity contribution in [2.75, 3.05) is 26.6 Å².